The molecule has 0 aliphatic heterocycles. The molecule has 3 nitrogen and oxygen atoms in total. The van der Waals surface area contributed by atoms with Gasteiger partial charge >= 0.3 is 0 Å². The van der Waals surface area contributed by atoms with Crippen molar-refractivity contribution in [2.75, 3.05) is 6.54 Å². The average Bonchev–Trinajstić information content (AvgIpc) is 2.66. The Kier molecular flexibility index (Phi) is 4.70. The second-order valence-electron chi connectivity index (χ2n) is 4.04. The lowest BCUT2D eigenvalue weighted by atomic mass is 10.0. The molecule has 86 valence electrons. The number of aryl methyl sites for hydroxylation is 1. The Morgan fingerprint density at radius 1 is 1.53 bits per heavy atom. The molecule has 1 rings (SSSR count). The largest absolute Gasteiger partial charge is 0.389 e. The van der Waals surface area contributed by atoms with Crippen LogP contribution in [-0.2, 0) is 13.0 Å². The van der Waals surface area contributed by atoms with E-state index in [-0.39, 0.29) is 0 Å². The molecule has 1 atom stereocenters. The third-order valence-electron chi connectivity index (χ3n) is 2.48. The van der Waals surface area contributed by atoms with Crippen LogP contribution in [0.2, 0.25) is 0 Å². The maximum absolute atomic E-state index is 9.77. The zero-order valence-corrected chi connectivity index (χ0v) is 10.5. The molecule has 15 heavy (non-hydrogen) atoms. The van der Waals surface area contributed by atoms with Crippen molar-refractivity contribution in [1.29, 1.82) is 0 Å². The molecule has 0 saturated heterocycles. The summed E-state index contributed by atoms with van der Waals surface area (Å²) in [6.07, 6.45) is 1.76. The summed E-state index contributed by atoms with van der Waals surface area (Å²) in [5.74, 6) is 0. The molecule has 4 heteroatoms. The van der Waals surface area contributed by atoms with Gasteiger partial charge < -0.3 is 10.4 Å². The molecular formula is C11H20N2OS. The summed E-state index contributed by atoms with van der Waals surface area (Å²) in [6, 6.07) is 0. The Hall–Kier alpha value is -0.450. The number of nitrogens with zero attached hydrogens (tertiary/aromatic N) is 1. The van der Waals surface area contributed by atoms with Crippen molar-refractivity contribution in [3.63, 3.8) is 0 Å². The Labute approximate surface area is 95.6 Å². The fourth-order valence-corrected chi connectivity index (χ4v) is 1.92. The smallest absolute Gasteiger partial charge is 0.0926 e. The predicted molar refractivity (Wildman–Crippen MR) is 64.1 cm³/mol. The van der Waals surface area contributed by atoms with Gasteiger partial charge in [-0.25, -0.2) is 4.98 Å². The summed E-state index contributed by atoms with van der Waals surface area (Å²) in [4.78, 5) is 4.45. The zero-order valence-electron chi connectivity index (χ0n) is 9.71. The van der Waals surface area contributed by atoms with Gasteiger partial charge in [-0.3, -0.25) is 0 Å². The summed E-state index contributed by atoms with van der Waals surface area (Å²) in [5, 5.41) is 16.2. The van der Waals surface area contributed by atoms with Crippen molar-refractivity contribution < 1.29 is 5.11 Å². The van der Waals surface area contributed by atoms with E-state index in [0.29, 0.717) is 6.54 Å². The summed E-state index contributed by atoms with van der Waals surface area (Å²) in [7, 11) is 0. The third kappa shape index (κ3) is 4.28. The molecular weight excluding hydrogens is 208 g/mol. The minimum atomic E-state index is -0.608. The highest BCUT2D eigenvalue weighted by atomic mass is 32.1. The Morgan fingerprint density at radius 3 is 2.80 bits per heavy atom. The van der Waals surface area contributed by atoms with Gasteiger partial charge in [0.25, 0.3) is 0 Å². The van der Waals surface area contributed by atoms with Gasteiger partial charge in [-0.2, -0.15) is 0 Å². The number of hydrogen-bond acceptors (Lipinski definition) is 4. The van der Waals surface area contributed by atoms with Gasteiger partial charge in [0.15, 0.2) is 0 Å². The lowest BCUT2D eigenvalue weighted by Gasteiger charge is -2.21. The molecule has 0 fully saturated rings. The lowest BCUT2D eigenvalue weighted by Crippen LogP contribution is -2.36. The molecule has 0 saturated carbocycles. The van der Waals surface area contributed by atoms with Crippen molar-refractivity contribution in [3.05, 3.63) is 16.1 Å². The molecule has 0 bridgehead atoms. The normalized spacial score (nSPS) is 15.2. The first-order valence-electron chi connectivity index (χ1n) is 5.43. The van der Waals surface area contributed by atoms with Crippen LogP contribution in [0.5, 0.6) is 0 Å². The molecule has 0 aromatic carbocycles. The van der Waals surface area contributed by atoms with Crippen molar-refractivity contribution in [3.8, 4) is 0 Å². The van der Waals surface area contributed by atoms with Crippen molar-refractivity contribution in [2.24, 2.45) is 0 Å². The minimum Gasteiger partial charge on any atom is -0.389 e. The van der Waals surface area contributed by atoms with E-state index < -0.39 is 5.60 Å². The highest BCUT2D eigenvalue weighted by molar-refractivity contribution is 7.09. The molecule has 0 spiro atoms. The van der Waals surface area contributed by atoms with Gasteiger partial charge in [-0.1, -0.05) is 13.8 Å². The van der Waals surface area contributed by atoms with Crippen molar-refractivity contribution in [2.45, 2.75) is 45.8 Å². The summed E-state index contributed by atoms with van der Waals surface area (Å²) in [5.41, 5.74) is 0.465. The van der Waals surface area contributed by atoms with Crippen LogP contribution in [0.25, 0.3) is 0 Å². The maximum atomic E-state index is 9.77. The molecule has 1 heterocycles. The summed E-state index contributed by atoms with van der Waals surface area (Å²) < 4.78 is 0. The van der Waals surface area contributed by atoms with E-state index in [0.717, 1.165) is 25.1 Å². The van der Waals surface area contributed by atoms with Gasteiger partial charge in [-0.15, -0.1) is 11.3 Å². The van der Waals surface area contributed by atoms with Crippen LogP contribution in [0.3, 0.4) is 0 Å². The maximum Gasteiger partial charge on any atom is 0.0926 e. The van der Waals surface area contributed by atoms with Gasteiger partial charge in [0.1, 0.15) is 0 Å². The molecule has 0 aliphatic carbocycles. The highest BCUT2D eigenvalue weighted by Gasteiger charge is 2.16. The van der Waals surface area contributed by atoms with Gasteiger partial charge in [0.05, 0.1) is 16.3 Å². The minimum absolute atomic E-state index is 0.608. The van der Waals surface area contributed by atoms with Crippen LogP contribution in [-0.4, -0.2) is 22.2 Å². The number of rotatable bonds is 6. The highest BCUT2D eigenvalue weighted by Crippen LogP contribution is 2.10. The SMILES string of the molecule is CCc1nc(CNCC(C)(O)CC)cs1. The van der Waals surface area contributed by atoms with Gasteiger partial charge in [-0.05, 0) is 19.8 Å². The fraction of sp³-hybridized carbons (Fsp3) is 0.727. The predicted octanol–water partition coefficient (Wildman–Crippen LogP) is 1.96. The number of hydrogen-bond donors (Lipinski definition) is 2. The zero-order chi connectivity index (χ0) is 11.3. The fourth-order valence-electron chi connectivity index (χ4n) is 1.18. The number of aromatic nitrogens is 1. The topological polar surface area (TPSA) is 45.2 Å². The standard InChI is InChI=1S/C11H20N2OS/c1-4-10-13-9(7-15-10)6-12-8-11(3,14)5-2/h7,12,14H,4-6,8H2,1-3H3. The second-order valence-corrected chi connectivity index (χ2v) is 4.98. The molecule has 0 aliphatic rings. The Balaban J connectivity index is 2.31. The summed E-state index contributed by atoms with van der Waals surface area (Å²) in [6.45, 7) is 7.30. The van der Waals surface area contributed by atoms with E-state index in [2.05, 4.69) is 22.6 Å². The van der Waals surface area contributed by atoms with E-state index in [9.17, 15) is 5.11 Å². The quantitative estimate of drug-likeness (QED) is 0.782. The first kappa shape index (κ1) is 12.6. The van der Waals surface area contributed by atoms with E-state index in [1.165, 1.54) is 5.01 Å². The molecule has 1 aromatic rings. The van der Waals surface area contributed by atoms with Gasteiger partial charge in [0, 0.05) is 18.5 Å². The van der Waals surface area contributed by atoms with Crippen molar-refractivity contribution in [1.82, 2.24) is 10.3 Å². The van der Waals surface area contributed by atoms with Crippen LogP contribution < -0.4 is 5.32 Å². The van der Waals surface area contributed by atoms with Crippen LogP contribution in [0.4, 0.5) is 0 Å². The molecule has 1 aromatic heterocycles. The Bertz CT molecular complexity index is 297. The lowest BCUT2D eigenvalue weighted by molar-refractivity contribution is 0.0555. The molecule has 0 amide bonds. The molecule has 2 N–H and O–H groups in total. The monoisotopic (exact) mass is 228 g/mol. The van der Waals surface area contributed by atoms with Crippen molar-refractivity contribution >= 4 is 11.3 Å². The van der Waals surface area contributed by atoms with Crippen LogP contribution in [0.1, 0.15) is 37.9 Å². The first-order chi connectivity index (χ1) is 7.07. The number of nitrogens with one attached hydrogen (secondary N) is 1. The first-order valence-corrected chi connectivity index (χ1v) is 6.31. The van der Waals surface area contributed by atoms with Crippen LogP contribution >= 0.6 is 11.3 Å². The van der Waals surface area contributed by atoms with Crippen LogP contribution in [0.15, 0.2) is 5.38 Å². The number of thiazole rings is 1. The van der Waals surface area contributed by atoms with E-state index in [1.54, 1.807) is 11.3 Å². The molecule has 0 radical (unpaired) electrons. The average molecular weight is 228 g/mol. The molecule has 1 unspecified atom stereocenters. The van der Waals surface area contributed by atoms with Gasteiger partial charge in [0.2, 0.25) is 0 Å². The van der Waals surface area contributed by atoms with Crippen LogP contribution in [0, 0.1) is 0 Å². The third-order valence-corrected chi connectivity index (χ3v) is 3.52. The number of aliphatic hydroxyl groups is 1. The Morgan fingerprint density at radius 2 is 2.27 bits per heavy atom. The van der Waals surface area contributed by atoms with E-state index in [4.69, 9.17) is 0 Å². The van der Waals surface area contributed by atoms with E-state index in [1.807, 2.05) is 13.8 Å². The summed E-state index contributed by atoms with van der Waals surface area (Å²) >= 11 is 1.70. The van der Waals surface area contributed by atoms with E-state index >= 15 is 0 Å². The second kappa shape index (κ2) is 5.58.